The third kappa shape index (κ3) is 3.91. The summed E-state index contributed by atoms with van der Waals surface area (Å²) in [6, 6.07) is 53.6. The number of fused-ring (bicyclic) bond motifs is 10. The van der Waals surface area contributed by atoms with Gasteiger partial charge in [-0.2, -0.15) is 0 Å². The quantitative estimate of drug-likeness (QED) is 0.192. The molecular weight excluding hydrogens is 619 g/mol. The fraction of sp³-hybridized carbons (Fsp3) is 0. The van der Waals surface area contributed by atoms with E-state index in [1.54, 1.807) is 0 Å². The van der Waals surface area contributed by atoms with Crippen molar-refractivity contribution in [3.05, 3.63) is 152 Å². The molecule has 0 saturated carbocycles. The lowest BCUT2D eigenvalue weighted by Crippen LogP contribution is -2.03. The van der Waals surface area contributed by atoms with Crippen LogP contribution in [0.4, 0.5) is 0 Å². The minimum absolute atomic E-state index is 0.662. The molecule has 0 aliphatic carbocycles. The molecule has 0 saturated heterocycles. The summed E-state index contributed by atoms with van der Waals surface area (Å²) in [5.74, 6) is 0.662. The second kappa shape index (κ2) is 10.1. The van der Waals surface area contributed by atoms with Gasteiger partial charge in [0.05, 0.1) is 22.2 Å². The highest BCUT2D eigenvalue weighted by atomic mass is 32.1. The summed E-state index contributed by atoms with van der Waals surface area (Å²) in [6.07, 6.45) is 0. The number of nitrogens with zero attached hydrogens (tertiary/aromatic N) is 3. The molecule has 49 heavy (non-hydrogen) atoms. The number of benzene rings is 7. The van der Waals surface area contributed by atoms with E-state index in [1.807, 2.05) is 23.5 Å². The van der Waals surface area contributed by atoms with Crippen LogP contribution in [0, 0.1) is 0 Å². The monoisotopic (exact) mass is 643 g/mol. The van der Waals surface area contributed by atoms with Gasteiger partial charge < -0.3 is 4.42 Å². The van der Waals surface area contributed by atoms with Crippen LogP contribution in [0.15, 0.2) is 156 Å². The molecule has 4 nitrogen and oxygen atoms in total. The molecular formula is C44H25N3OS. The highest BCUT2D eigenvalue weighted by molar-refractivity contribution is 7.25. The molecule has 0 aliphatic heterocycles. The van der Waals surface area contributed by atoms with Crippen molar-refractivity contribution in [2.45, 2.75) is 0 Å². The lowest BCUT2D eigenvalue weighted by atomic mass is 10.0. The van der Waals surface area contributed by atoms with E-state index in [-0.39, 0.29) is 0 Å². The second-order valence-electron chi connectivity index (χ2n) is 12.6. The van der Waals surface area contributed by atoms with Gasteiger partial charge in [0.25, 0.3) is 0 Å². The highest BCUT2D eigenvalue weighted by Crippen LogP contribution is 2.42. The Balaban J connectivity index is 1.16. The van der Waals surface area contributed by atoms with E-state index in [4.69, 9.17) is 14.4 Å². The Morgan fingerprint density at radius 2 is 1.14 bits per heavy atom. The molecule has 0 atom stereocenters. The number of hydrogen-bond donors (Lipinski definition) is 0. The van der Waals surface area contributed by atoms with Crippen LogP contribution in [0.2, 0.25) is 0 Å². The van der Waals surface area contributed by atoms with Crippen molar-refractivity contribution in [2.75, 3.05) is 0 Å². The summed E-state index contributed by atoms with van der Waals surface area (Å²) in [6.45, 7) is 0. The van der Waals surface area contributed by atoms with Crippen LogP contribution in [-0.2, 0) is 0 Å². The first kappa shape index (κ1) is 26.7. The third-order valence-electron chi connectivity index (χ3n) is 9.83. The van der Waals surface area contributed by atoms with Gasteiger partial charge in [0, 0.05) is 52.7 Å². The minimum atomic E-state index is 0.662. The van der Waals surface area contributed by atoms with Crippen LogP contribution in [0.25, 0.3) is 103 Å². The van der Waals surface area contributed by atoms with Crippen LogP contribution in [0.3, 0.4) is 0 Å². The predicted molar refractivity (Wildman–Crippen MR) is 205 cm³/mol. The largest absolute Gasteiger partial charge is 0.456 e. The average Bonchev–Trinajstić information content (AvgIpc) is 3.83. The van der Waals surface area contributed by atoms with E-state index in [0.29, 0.717) is 5.95 Å². The van der Waals surface area contributed by atoms with Gasteiger partial charge >= 0.3 is 0 Å². The molecule has 5 heteroatoms. The fourth-order valence-corrected chi connectivity index (χ4v) is 8.75. The maximum Gasteiger partial charge on any atom is 0.235 e. The molecule has 228 valence electrons. The Bertz CT molecular complexity index is 3130. The van der Waals surface area contributed by atoms with Crippen molar-refractivity contribution in [2.24, 2.45) is 0 Å². The second-order valence-corrected chi connectivity index (χ2v) is 13.6. The number of rotatable bonds is 3. The molecule has 0 spiro atoms. The van der Waals surface area contributed by atoms with E-state index in [2.05, 4.69) is 144 Å². The first-order valence-corrected chi connectivity index (χ1v) is 17.2. The molecule has 0 unspecified atom stereocenters. The zero-order valence-corrected chi connectivity index (χ0v) is 26.9. The normalized spacial score (nSPS) is 12.1. The Kier molecular flexibility index (Phi) is 5.51. The molecule has 0 fully saturated rings. The standard InChI is InChI=1S/C44H25N3OS/c1-5-15-35-30(12-1)43(32-14-9-19-41-42(32)31-13-4-8-18-40(31)49-41)46-44(45-35)47-36-16-6-2-10-28(36)33-24-26(20-22-37(33)47)27-21-23-39-34(25-27)29-11-3-7-17-38(29)48-39/h1-25H. The molecule has 7 aromatic carbocycles. The zero-order chi connectivity index (χ0) is 32.1. The fourth-order valence-electron chi connectivity index (χ4n) is 7.62. The average molecular weight is 644 g/mol. The topological polar surface area (TPSA) is 43.9 Å². The first-order valence-electron chi connectivity index (χ1n) is 16.4. The van der Waals surface area contributed by atoms with Crippen molar-refractivity contribution < 1.29 is 4.42 Å². The first-order chi connectivity index (χ1) is 24.3. The molecule has 0 radical (unpaired) electrons. The van der Waals surface area contributed by atoms with Crippen LogP contribution >= 0.6 is 11.3 Å². The molecule has 0 aliphatic rings. The summed E-state index contributed by atoms with van der Waals surface area (Å²) in [7, 11) is 0. The summed E-state index contributed by atoms with van der Waals surface area (Å²) in [5.41, 5.74) is 9.24. The molecule has 11 aromatic rings. The molecule has 4 aromatic heterocycles. The molecule has 0 amide bonds. The Morgan fingerprint density at radius 1 is 0.469 bits per heavy atom. The zero-order valence-electron chi connectivity index (χ0n) is 26.1. The summed E-state index contributed by atoms with van der Waals surface area (Å²) < 4.78 is 10.9. The number of furan rings is 1. The van der Waals surface area contributed by atoms with Crippen LogP contribution in [-0.4, -0.2) is 14.5 Å². The van der Waals surface area contributed by atoms with Gasteiger partial charge in [-0.1, -0.05) is 97.1 Å². The van der Waals surface area contributed by atoms with E-state index in [9.17, 15) is 0 Å². The van der Waals surface area contributed by atoms with Crippen molar-refractivity contribution >= 4 is 86.2 Å². The Hall–Kier alpha value is -6.30. The van der Waals surface area contributed by atoms with Crippen molar-refractivity contribution in [3.8, 4) is 28.3 Å². The van der Waals surface area contributed by atoms with E-state index >= 15 is 0 Å². The molecule has 0 bridgehead atoms. The molecule has 11 rings (SSSR count). The van der Waals surface area contributed by atoms with Gasteiger partial charge in [-0.3, -0.25) is 4.57 Å². The lowest BCUT2D eigenvalue weighted by Gasteiger charge is -2.13. The van der Waals surface area contributed by atoms with Gasteiger partial charge in [0.15, 0.2) is 0 Å². The van der Waals surface area contributed by atoms with Gasteiger partial charge in [-0.05, 0) is 65.7 Å². The van der Waals surface area contributed by atoms with E-state index in [1.165, 1.54) is 25.6 Å². The lowest BCUT2D eigenvalue weighted by molar-refractivity contribution is 0.669. The van der Waals surface area contributed by atoms with Crippen LogP contribution < -0.4 is 0 Å². The van der Waals surface area contributed by atoms with Crippen molar-refractivity contribution in [1.29, 1.82) is 0 Å². The minimum Gasteiger partial charge on any atom is -0.456 e. The van der Waals surface area contributed by atoms with Crippen LogP contribution in [0.1, 0.15) is 0 Å². The summed E-state index contributed by atoms with van der Waals surface area (Å²) >= 11 is 1.83. The summed E-state index contributed by atoms with van der Waals surface area (Å²) in [5, 5.41) is 8.13. The van der Waals surface area contributed by atoms with Crippen molar-refractivity contribution in [1.82, 2.24) is 14.5 Å². The van der Waals surface area contributed by atoms with E-state index < -0.39 is 0 Å². The summed E-state index contributed by atoms with van der Waals surface area (Å²) in [4.78, 5) is 10.7. The van der Waals surface area contributed by atoms with Crippen LogP contribution in [0.5, 0.6) is 0 Å². The molecule has 0 N–H and O–H groups in total. The highest BCUT2D eigenvalue weighted by Gasteiger charge is 2.20. The maximum absolute atomic E-state index is 6.12. The number of hydrogen-bond acceptors (Lipinski definition) is 4. The third-order valence-corrected chi connectivity index (χ3v) is 11.0. The number of thiophene rings is 1. The Labute approximate surface area is 284 Å². The van der Waals surface area contributed by atoms with Gasteiger partial charge in [0.1, 0.15) is 11.2 Å². The number of para-hydroxylation sites is 3. The van der Waals surface area contributed by atoms with Gasteiger partial charge in [-0.15, -0.1) is 11.3 Å². The SMILES string of the molecule is c1ccc2c(-c3cccc4sc5ccccc5c34)nc(-n3c4ccccc4c4cc(-c5ccc6oc7ccccc7c6c5)ccc43)nc2c1. The molecule has 4 heterocycles. The van der Waals surface area contributed by atoms with Crippen molar-refractivity contribution in [3.63, 3.8) is 0 Å². The smallest absolute Gasteiger partial charge is 0.235 e. The number of aromatic nitrogens is 3. The van der Waals surface area contributed by atoms with E-state index in [0.717, 1.165) is 71.6 Å². The Morgan fingerprint density at radius 3 is 2.06 bits per heavy atom. The maximum atomic E-state index is 6.12. The van der Waals surface area contributed by atoms with Gasteiger partial charge in [-0.25, -0.2) is 9.97 Å². The predicted octanol–water partition coefficient (Wildman–Crippen LogP) is 12.3. The van der Waals surface area contributed by atoms with Gasteiger partial charge in [0.2, 0.25) is 5.95 Å².